The number of carbonyl (C=O) groups excluding carboxylic acids is 1. The fourth-order valence-electron chi connectivity index (χ4n) is 2.22. The number of amides is 1. The summed E-state index contributed by atoms with van der Waals surface area (Å²) >= 11 is 5.91. The highest BCUT2D eigenvalue weighted by atomic mass is 35.5. The van der Waals surface area contributed by atoms with E-state index in [0.29, 0.717) is 24.5 Å². The van der Waals surface area contributed by atoms with Crippen molar-refractivity contribution >= 4 is 23.3 Å². The summed E-state index contributed by atoms with van der Waals surface area (Å²) in [4.78, 5) is 12.0. The minimum absolute atomic E-state index is 0.0381. The van der Waals surface area contributed by atoms with Crippen LogP contribution < -0.4 is 10.1 Å². The Kier molecular flexibility index (Phi) is 6.04. The van der Waals surface area contributed by atoms with Gasteiger partial charge in [0.2, 0.25) is 5.91 Å². The minimum atomic E-state index is -0.0381. The van der Waals surface area contributed by atoms with E-state index >= 15 is 0 Å². The molecule has 0 spiro atoms. The van der Waals surface area contributed by atoms with E-state index in [1.165, 1.54) is 0 Å². The number of ether oxygens (including phenoxy) is 1. The topological polar surface area (TPSA) is 56.1 Å². The van der Waals surface area contributed by atoms with Gasteiger partial charge in [0.15, 0.2) is 0 Å². The molecule has 0 radical (unpaired) electrons. The number of nitrogens with zero attached hydrogens (tertiary/aromatic N) is 2. The normalized spacial score (nSPS) is 10.8. The van der Waals surface area contributed by atoms with Crippen LogP contribution in [-0.2, 0) is 4.79 Å². The summed E-state index contributed by atoms with van der Waals surface area (Å²) in [5.74, 6) is 1.48. The molecule has 6 heteroatoms. The second kappa shape index (κ2) is 8.02. The highest BCUT2D eigenvalue weighted by Gasteiger charge is 2.09. The van der Waals surface area contributed by atoms with E-state index < -0.39 is 0 Å². The summed E-state index contributed by atoms with van der Waals surface area (Å²) < 4.78 is 7.47. The molecule has 0 saturated carbocycles. The quantitative estimate of drug-likeness (QED) is 0.770. The molecule has 1 aromatic carbocycles. The van der Waals surface area contributed by atoms with Crippen LogP contribution in [0.2, 0.25) is 5.02 Å². The van der Waals surface area contributed by atoms with Crippen molar-refractivity contribution < 1.29 is 9.53 Å². The van der Waals surface area contributed by atoms with Gasteiger partial charge in [-0.3, -0.25) is 4.79 Å². The first-order valence-electron chi connectivity index (χ1n) is 7.69. The van der Waals surface area contributed by atoms with Gasteiger partial charge in [-0.25, -0.2) is 4.68 Å². The fraction of sp³-hybridized carbons (Fsp3) is 0.412. The predicted octanol–water partition coefficient (Wildman–Crippen LogP) is 4.22. The molecule has 0 saturated heterocycles. The van der Waals surface area contributed by atoms with E-state index in [1.807, 2.05) is 32.9 Å². The van der Waals surface area contributed by atoms with Crippen molar-refractivity contribution in [2.75, 3.05) is 11.9 Å². The zero-order valence-electron chi connectivity index (χ0n) is 13.7. The molecule has 23 heavy (non-hydrogen) atoms. The van der Waals surface area contributed by atoms with E-state index in [2.05, 4.69) is 10.4 Å². The molecule has 5 nitrogen and oxygen atoms in total. The Morgan fingerprint density at radius 3 is 2.87 bits per heavy atom. The molecule has 1 aromatic heterocycles. The Bertz CT molecular complexity index is 668. The largest absolute Gasteiger partial charge is 0.493 e. The molecule has 0 aliphatic rings. The van der Waals surface area contributed by atoms with Crippen molar-refractivity contribution in [2.45, 2.75) is 39.7 Å². The third-order valence-corrected chi connectivity index (χ3v) is 3.60. The Hall–Kier alpha value is -2.01. The van der Waals surface area contributed by atoms with Crippen molar-refractivity contribution in [2.24, 2.45) is 0 Å². The number of hydrogen-bond donors (Lipinski definition) is 1. The molecular weight excluding hydrogens is 314 g/mol. The summed E-state index contributed by atoms with van der Waals surface area (Å²) in [6, 6.07) is 7.50. The molecule has 1 heterocycles. The van der Waals surface area contributed by atoms with Crippen LogP contribution in [0.15, 0.2) is 30.5 Å². The van der Waals surface area contributed by atoms with Crippen LogP contribution in [0.1, 0.15) is 38.3 Å². The van der Waals surface area contributed by atoms with Gasteiger partial charge in [-0.1, -0.05) is 11.6 Å². The number of halogens is 1. The van der Waals surface area contributed by atoms with Crippen molar-refractivity contribution in [3.63, 3.8) is 0 Å². The number of nitrogens with one attached hydrogen (secondary N) is 1. The monoisotopic (exact) mass is 335 g/mol. The smallest absolute Gasteiger partial charge is 0.225 e. The van der Waals surface area contributed by atoms with E-state index in [4.69, 9.17) is 16.3 Å². The van der Waals surface area contributed by atoms with E-state index in [9.17, 15) is 4.79 Å². The van der Waals surface area contributed by atoms with Gasteiger partial charge in [0.25, 0.3) is 0 Å². The number of rotatable bonds is 7. The van der Waals surface area contributed by atoms with Crippen LogP contribution in [0.3, 0.4) is 0 Å². The lowest BCUT2D eigenvalue weighted by Crippen LogP contribution is -2.17. The van der Waals surface area contributed by atoms with Crippen LogP contribution in [0.4, 0.5) is 5.82 Å². The maximum absolute atomic E-state index is 12.0. The summed E-state index contributed by atoms with van der Waals surface area (Å²) in [5.41, 5.74) is 0.989. The van der Waals surface area contributed by atoms with E-state index in [1.54, 1.807) is 23.0 Å². The van der Waals surface area contributed by atoms with Crippen molar-refractivity contribution in [1.82, 2.24) is 9.78 Å². The molecule has 0 unspecified atom stereocenters. The lowest BCUT2D eigenvalue weighted by atomic mass is 10.2. The molecule has 0 aliphatic carbocycles. The maximum Gasteiger partial charge on any atom is 0.225 e. The van der Waals surface area contributed by atoms with Crippen molar-refractivity contribution in [3.05, 3.63) is 41.0 Å². The van der Waals surface area contributed by atoms with Crippen LogP contribution in [0.5, 0.6) is 5.75 Å². The average molecular weight is 336 g/mol. The number of hydrogen-bond acceptors (Lipinski definition) is 3. The first-order chi connectivity index (χ1) is 11.0. The number of aromatic nitrogens is 2. The first kappa shape index (κ1) is 17.3. The molecule has 0 aliphatic heterocycles. The van der Waals surface area contributed by atoms with Gasteiger partial charge in [0.05, 0.1) is 12.8 Å². The predicted molar refractivity (Wildman–Crippen MR) is 92.2 cm³/mol. The molecule has 0 atom stereocenters. The fourth-order valence-corrected chi connectivity index (χ4v) is 2.45. The number of aryl methyl sites for hydroxylation is 1. The van der Waals surface area contributed by atoms with E-state index in [0.717, 1.165) is 17.1 Å². The Morgan fingerprint density at radius 1 is 1.39 bits per heavy atom. The van der Waals surface area contributed by atoms with Crippen LogP contribution in [0, 0.1) is 6.92 Å². The summed E-state index contributed by atoms with van der Waals surface area (Å²) in [7, 11) is 0. The van der Waals surface area contributed by atoms with Crippen LogP contribution in [0.25, 0.3) is 0 Å². The third kappa shape index (κ3) is 4.99. The Labute approximate surface area is 141 Å². The number of benzene rings is 1. The molecule has 124 valence electrons. The summed E-state index contributed by atoms with van der Waals surface area (Å²) in [6.45, 7) is 6.47. The van der Waals surface area contributed by atoms with Gasteiger partial charge in [-0.2, -0.15) is 5.10 Å². The molecule has 0 fully saturated rings. The van der Waals surface area contributed by atoms with Gasteiger partial charge in [-0.15, -0.1) is 0 Å². The summed E-state index contributed by atoms with van der Waals surface area (Å²) in [5, 5.41) is 7.76. The van der Waals surface area contributed by atoms with Crippen LogP contribution in [-0.4, -0.2) is 22.3 Å². The average Bonchev–Trinajstić information content (AvgIpc) is 2.93. The minimum Gasteiger partial charge on any atom is -0.493 e. The second-order valence-corrected chi connectivity index (χ2v) is 6.10. The van der Waals surface area contributed by atoms with Gasteiger partial charge in [0, 0.05) is 23.6 Å². The molecule has 1 N–H and O–H groups in total. The van der Waals surface area contributed by atoms with Gasteiger partial charge >= 0.3 is 0 Å². The van der Waals surface area contributed by atoms with E-state index in [-0.39, 0.29) is 11.9 Å². The highest BCUT2D eigenvalue weighted by Crippen LogP contribution is 2.22. The highest BCUT2D eigenvalue weighted by molar-refractivity contribution is 6.30. The number of anilines is 1. The van der Waals surface area contributed by atoms with Crippen LogP contribution >= 0.6 is 11.6 Å². The zero-order valence-corrected chi connectivity index (χ0v) is 14.4. The third-order valence-electron chi connectivity index (χ3n) is 3.37. The Balaban J connectivity index is 1.75. The van der Waals surface area contributed by atoms with Crippen molar-refractivity contribution in [3.8, 4) is 5.75 Å². The zero-order chi connectivity index (χ0) is 16.8. The lowest BCUT2D eigenvalue weighted by Gasteiger charge is -2.12. The first-order valence-corrected chi connectivity index (χ1v) is 8.07. The molecular formula is C17H22ClN3O2. The van der Waals surface area contributed by atoms with Crippen molar-refractivity contribution in [1.29, 1.82) is 0 Å². The molecule has 1 amide bonds. The van der Waals surface area contributed by atoms with Gasteiger partial charge in [0.1, 0.15) is 11.6 Å². The standard InChI is InChI=1S/C17H22ClN3O2/c1-12(2)21-16(8-9-19-21)20-17(22)5-4-10-23-15-7-6-14(18)11-13(15)3/h6-9,11-12H,4-5,10H2,1-3H3,(H,20,22). The maximum atomic E-state index is 12.0. The van der Waals surface area contributed by atoms with Gasteiger partial charge in [-0.05, 0) is 51.0 Å². The van der Waals surface area contributed by atoms with Gasteiger partial charge < -0.3 is 10.1 Å². The second-order valence-electron chi connectivity index (χ2n) is 5.66. The number of carbonyl (C=O) groups is 1. The summed E-state index contributed by atoms with van der Waals surface area (Å²) in [6.07, 6.45) is 2.72. The molecule has 2 rings (SSSR count). The molecule has 0 bridgehead atoms. The SMILES string of the molecule is Cc1cc(Cl)ccc1OCCCC(=O)Nc1ccnn1C(C)C. The lowest BCUT2D eigenvalue weighted by molar-refractivity contribution is -0.116. The molecule has 2 aromatic rings. The Morgan fingerprint density at radius 2 is 2.17 bits per heavy atom.